The highest BCUT2D eigenvalue weighted by Gasteiger charge is 2.44. The summed E-state index contributed by atoms with van der Waals surface area (Å²) in [4.78, 5) is 16.7. The van der Waals surface area contributed by atoms with Crippen LogP contribution in [0.2, 0.25) is 5.02 Å². The van der Waals surface area contributed by atoms with Gasteiger partial charge < -0.3 is 14.3 Å². The third kappa shape index (κ3) is 6.61. The summed E-state index contributed by atoms with van der Waals surface area (Å²) in [6.45, 7) is -1.42. The molecule has 184 valence electrons. The Morgan fingerprint density at radius 2 is 1.91 bits per heavy atom. The Labute approximate surface area is 200 Å². The van der Waals surface area contributed by atoms with Crippen molar-refractivity contribution in [2.45, 2.75) is 23.7 Å². The molecule has 1 heterocycles. The van der Waals surface area contributed by atoms with Gasteiger partial charge in [-0.25, -0.2) is 0 Å². The topological polar surface area (TPSA) is 136 Å². The molecule has 1 amide bonds. The molecule has 2 aromatic carbocycles. The highest BCUT2D eigenvalue weighted by molar-refractivity contribution is 7.90. The second-order valence-electron chi connectivity index (χ2n) is 6.88. The number of benzene rings is 2. The summed E-state index contributed by atoms with van der Waals surface area (Å²) in [5.74, 6) is -0.617. The van der Waals surface area contributed by atoms with Gasteiger partial charge in [0.15, 0.2) is 5.58 Å². The van der Waals surface area contributed by atoms with E-state index in [1.54, 1.807) is 24.3 Å². The molecule has 15 heteroatoms. The van der Waals surface area contributed by atoms with E-state index in [0.29, 0.717) is 5.02 Å². The normalized spacial score (nSPS) is 13.4. The predicted octanol–water partition coefficient (Wildman–Crippen LogP) is 3.53. The second-order valence-corrected chi connectivity index (χ2v) is 9.98. The number of nitrogens with zero attached hydrogens (tertiary/aromatic N) is 2. The predicted molar refractivity (Wildman–Crippen MR) is 117 cm³/mol. The molecule has 0 aliphatic carbocycles. The maximum absolute atomic E-state index is 12.7. The molecule has 1 atom stereocenters. The van der Waals surface area contributed by atoms with E-state index < -0.39 is 51.0 Å². The minimum atomic E-state index is -5.50. The number of hydrogen-bond acceptors (Lipinski definition) is 6. The van der Waals surface area contributed by atoms with Crippen molar-refractivity contribution in [1.82, 2.24) is 14.6 Å². The molecule has 0 aliphatic rings. The molecule has 3 aromatic rings. The molecule has 0 aliphatic heterocycles. The van der Waals surface area contributed by atoms with Crippen molar-refractivity contribution in [1.29, 1.82) is 0 Å². The third-order valence-corrected chi connectivity index (χ3v) is 6.79. The highest BCUT2D eigenvalue weighted by Crippen LogP contribution is 2.26. The first-order valence-corrected chi connectivity index (χ1v) is 12.6. The number of hydrogen-bond donors (Lipinski definition) is 2. The van der Waals surface area contributed by atoms with Gasteiger partial charge in [-0.2, -0.15) is 26.6 Å². The number of fused-ring (bicyclic) bond motifs is 1. The van der Waals surface area contributed by atoms with Crippen LogP contribution >= 0.6 is 11.6 Å². The third-order valence-electron chi connectivity index (χ3n) is 4.43. The number of amides is 1. The zero-order valence-electron chi connectivity index (χ0n) is 17.1. The van der Waals surface area contributed by atoms with Crippen molar-refractivity contribution in [3.8, 4) is 0 Å². The van der Waals surface area contributed by atoms with E-state index in [2.05, 4.69) is 10.3 Å². The van der Waals surface area contributed by atoms with Crippen LogP contribution in [0.1, 0.15) is 22.3 Å². The fourth-order valence-corrected chi connectivity index (χ4v) is 4.64. The molecule has 2 N–H and O–H groups in total. The molecule has 34 heavy (non-hydrogen) atoms. The van der Waals surface area contributed by atoms with Crippen molar-refractivity contribution < 1.29 is 39.9 Å². The number of carbonyl (C=O) groups is 1. The maximum Gasteiger partial charge on any atom is 0.475 e. The largest absolute Gasteiger partial charge is 0.607 e. The lowest BCUT2D eigenvalue weighted by Crippen LogP contribution is -2.43. The summed E-state index contributed by atoms with van der Waals surface area (Å²) in [6, 6.07) is 11.1. The highest BCUT2D eigenvalue weighted by atomic mass is 35.5. The number of halogens is 4. The van der Waals surface area contributed by atoms with Gasteiger partial charge in [0.25, 0.3) is 5.91 Å². The van der Waals surface area contributed by atoms with Gasteiger partial charge in [0.1, 0.15) is 11.3 Å². The monoisotopic (exact) mass is 539 g/mol. The van der Waals surface area contributed by atoms with Crippen LogP contribution in [0.25, 0.3) is 11.1 Å². The summed E-state index contributed by atoms with van der Waals surface area (Å²) in [5, 5.41) is 2.77. The SMILES string of the molecule is O=C(NCCCN(C(F)(F)F)S(=O)(=O)O)c1cccc2oc([S+]([O-])Cc3ccc(Cl)cc3)nc12. The van der Waals surface area contributed by atoms with Crippen molar-refractivity contribution >= 4 is 50.1 Å². The van der Waals surface area contributed by atoms with Gasteiger partial charge >= 0.3 is 21.8 Å². The zero-order chi connectivity index (χ0) is 25.1. The number of para-hydroxylation sites is 1. The van der Waals surface area contributed by atoms with Crippen molar-refractivity contribution in [3.05, 3.63) is 58.6 Å². The number of alkyl halides is 3. The Morgan fingerprint density at radius 1 is 1.24 bits per heavy atom. The summed E-state index contributed by atoms with van der Waals surface area (Å²) < 4.78 is 85.7. The lowest BCUT2D eigenvalue weighted by molar-refractivity contribution is -0.212. The average Bonchev–Trinajstić information content (AvgIpc) is 3.17. The lowest BCUT2D eigenvalue weighted by Gasteiger charge is -2.20. The number of aromatic nitrogens is 1. The van der Waals surface area contributed by atoms with Crippen LogP contribution in [0, 0.1) is 0 Å². The van der Waals surface area contributed by atoms with Gasteiger partial charge in [-0.05, 0) is 30.7 Å². The first-order chi connectivity index (χ1) is 15.9. The Bertz CT molecular complexity index is 1270. The van der Waals surface area contributed by atoms with E-state index in [1.165, 1.54) is 18.2 Å². The van der Waals surface area contributed by atoms with Crippen LogP contribution in [0.4, 0.5) is 13.2 Å². The number of carbonyl (C=O) groups excluding carboxylic acids is 1. The molecule has 9 nitrogen and oxygen atoms in total. The molecule has 0 spiro atoms. The molecule has 1 aromatic heterocycles. The van der Waals surface area contributed by atoms with Crippen LogP contribution in [0.3, 0.4) is 0 Å². The Morgan fingerprint density at radius 3 is 2.53 bits per heavy atom. The first kappa shape index (κ1) is 26.2. The standard InChI is InChI=1S/C19H17ClF3N3O6S2/c20-13-7-5-12(6-8-13)11-33(28)18-25-16-14(3-1-4-15(16)32-18)17(27)24-9-2-10-26(19(21,22)23)34(29,30)31/h1,3-8H,2,9-11H2,(H,24,27)(H,29,30,31). The fraction of sp³-hybridized carbons (Fsp3) is 0.263. The van der Waals surface area contributed by atoms with E-state index in [-0.39, 0.29) is 34.2 Å². The molecule has 1 unspecified atom stereocenters. The average molecular weight is 540 g/mol. The van der Waals surface area contributed by atoms with Crippen molar-refractivity contribution in [2.75, 3.05) is 13.1 Å². The summed E-state index contributed by atoms with van der Waals surface area (Å²) in [7, 11) is -5.50. The molecule has 0 radical (unpaired) electrons. The van der Waals surface area contributed by atoms with Crippen LogP contribution in [0.5, 0.6) is 0 Å². The molecule has 0 saturated carbocycles. The van der Waals surface area contributed by atoms with Crippen LogP contribution in [-0.2, 0) is 27.2 Å². The number of oxazole rings is 1. The minimum absolute atomic E-state index is 0.0263. The van der Waals surface area contributed by atoms with E-state index in [1.807, 2.05) is 0 Å². The van der Waals surface area contributed by atoms with Crippen molar-refractivity contribution in [3.63, 3.8) is 0 Å². The molecule has 0 bridgehead atoms. The van der Waals surface area contributed by atoms with Crippen LogP contribution in [0.15, 0.2) is 52.1 Å². The van der Waals surface area contributed by atoms with Gasteiger partial charge in [-0.15, -0.1) is 0 Å². The van der Waals surface area contributed by atoms with Gasteiger partial charge in [-0.1, -0.05) is 34.1 Å². The first-order valence-electron chi connectivity index (χ1n) is 9.49. The summed E-state index contributed by atoms with van der Waals surface area (Å²) >= 11 is 4.16. The summed E-state index contributed by atoms with van der Waals surface area (Å²) in [5.41, 5.74) is 1.04. The van der Waals surface area contributed by atoms with E-state index in [0.717, 1.165) is 5.56 Å². The Hall–Kier alpha value is -2.36. The van der Waals surface area contributed by atoms with E-state index in [4.69, 9.17) is 20.6 Å². The van der Waals surface area contributed by atoms with Crippen LogP contribution in [-0.4, -0.2) is 52.1 Å². The van der Waals surface area contributed by atoms with E-state index >= 15 is 0 Å². The molecular formula is C19H17ClF3N3O6S2. The smallest absolute Gasteiger partial charge is 0.475 e. The minimum Gasteiger partial charge on any atom is -0.607 e. The second kappa shape index (κ2) is 10.5. The molecule has 0 saturated heterocycles. The Balaban J connectivity index is 1.67. The van der Waals surface area contributed by atoms with Crippen LogP contribution < -0.4 is 5.32 Å². The number of nitrogens with one attached hydrogen (secondary N) is 1. The zero-order valence-corrected chi connectivity index (χ0v) is 19.5. The van der Waals surface area contributed by atoms with Gasteiger partial charge in [0.2, 0.25) is 0 Å². The van der Waals surface area contributed by atoms with Crippen molar-refractivity contribution in [2.24, 2.45) is 0 Å². The quantitative estimate of drug-likeness (QED) is 0.184. The molecule has 3 rings (SSSR count). The Kier molecular flexibility index (Phi) is 8.10. The fourth-order valence-electron chi connectivity index (χ4n) is 2.90. The maximum atomic E-state index is 12.7. The molecule has 0 fully saturated rings. The molecular weight excluding hydrogens is 523 g/mol. The van der Waals surface area contributed by atoms with Gasteiger partial charge in [-0.3, -0.25) is 9.35 Å². The van der Waals surface area contributed by atoms with Gasteiger partial charge in [0.05, 0.1) is 16.7 Å². The number of rotatable bonds is 9. The van der Waals surface area contributed by atoms with E-state index in [9.17, 15) is 30.9 Å². The summed E-state index contributed by atoms with van der Waals surface area (Å²) in [6.07, 6.45) is -5.74. The van der Waals surface area contributed by atoms with Gasteiger partial charge in [0, 0.05) is 23.7 Å². The lowest BCUT2D eigenvalue weighted by atomic mass is 10.2.